The van der Waals surface area contributed by atoms with Crippen LogP contribution < -0.4 is 24.3 Å². The van der Waals surface area contributed by atoms with Crippen molar-refractivity contribution in [1.82, 2.24) is 9.80 Å². The van der Waals surface area contributed by atoms with Gasteiger partial charge >= 0.3 is 6.03 Å². The van der Waals surface area contributed by atoms with Crippen molar-refractivity contribution in [2.24, 2.45) is 0 Å². The molecule has 0 spiro atoms. The van der Waals surface area contributed by atoms with Crippen LogP contribution in [0.4, 0.5) is 10.5 Å². The molecule has 40 heavy (non-hydrogen) atoms. The zero-order valence-electron chi connectivity index (χ0n) is 23.3. The topological polar surface area (TPSA) is 81.7 Å². The average Bonchev–Trinajstić information content (AvgIpc) is 2.99. The Hall–Kier alpha value is -3.66. The van der Waals surface area contributed by atoms with Crippen molar-refractivity contribution in [2.75, 3.05) is 66.5 Å². The second-order valence-electron chi connectivity index (χ2n) is 9.33. The first-order valence-corrected chi connectivity index (χ1v) is 13.4. The highest BCUT2D eigenvalue weighted by Gasteiger charge is 2.25. The number of urea groups is 1. The third-order valence-corrected chi connectivity index (χ3v) is 7.08. The number of halogens is 1. The van der Waals surface area contributed by atoms with Gasteiger partial charge in [-0.15, -0.1) is 0 Å². The van der Waals surface area contributed by atoms with E-state index in [1.165, 1.54) is 0 Å². The molecule has 214 valence electrons. The molecule has 1 aliphatic rings. The summed E-state index contributed by atoms with van der Waals surface area (Å²) in [6.45, 7) is 3.74. The Morgan fingerprint density at radius 1 is 0.875 bits per heavy atom. The van der Waals surface area contributed by atoms with Gasteiger partial charge in [-0.2, -0.15) is 0 Å². The molecule has 0 aromatic heterocycles. The highest BCUT2D eigenvalue weighted by Crippen LogP contribution is 2.40. The lowest BCUT2D eigenvalue weighted by molar-refractivity contribution is 0.00588. The van der Waals surface area contributed by atoms with Gasteiger partial charge in [0.1, 0.15) is 5.75 Å². The van der Waals surface area contributed by atoms with Crippen LogP contribution in [0, 0.1) is 0 Å². The molecule has 1 atom stereocenters. The van der Waals surface area contributed by atoms with Gasteiger partial charge in [0.25, 0.3) is 0 Å². The summed E-state index contributed by atoms with van der Waals surface area (Å²) in [6, 6.07) is 18.9. The summed E-state index contributed by atoms with van der Waals surface area (Å²) in [4.78, 5) is 17.2. The van der Waals surface area contributed by atoms with E-state index in [0.717, 1.165) is 30.0 Å². The number of nitrogens with one attached hydrogen (secondary N) is 1. The molecule has 0 aliphatic carbocycles. The number of anilines is 1. The zero-order chi connectivity index (χ0) is 28.5. The Balaban J connectivity index is 1.37. The van der Waals surface area contributed by atoms with Gasteiger partial charge in [0.05, 0.1) is 46.8 Å². The molecule has 1 fully saturated rings. The molecule has 1 saturated heterocycles. The Bertz CT molecular complexity index is 1240. The maximum atomic E-state index is 13.1. The first-order valence-electron chi connectivity index (χ1n) is 13.0. The summed E-state index contributed by atoms with van der Waals surface area (Å²) in [5.74, 6) is 2.22. The fourth-order valence-corrected chi connectivity index (χ4v) is 4.74. The first-order chi connectivity index (χ1) is 19.4. The lowest BCUT2D eigenvalue weighted by Crippen LogP contribution is -2.50. The van der Waals surface area contributed by atoms with Crippen LogP contribution in [0.15, 0.2) is 60.7 Å². The summed E-state index contributed by atoms with van der Waals surface area (Å²) in [5.41, 5.74) is 2.65. The highest BCUT2D eigenvalue weighted by atomic mass is 35.5. The molecule has 9 nitrogen and oxygen atoms in total. The smallest absolute Gasteiger partial charge is 0.321 e. The van der Waals surface area contributed by atoms with E-state index in [1.807, 2.05) is 48.5 Å². The van der Waals surface area contributed by atoms with Crippen LogP contribution in [-0.2, 0) is 11.3 Å². The normalized spacial score (nSPS) is 14.4. The summed E-state index contributed by atoms with van der Waals surface area (Å²) in [6.07, 6.45) is -0.164. The number of benzene rings is 3. The number of rotatable bonds is 11. The molecule has 1 heterocycles. The van der Waals surface area contributed by atoms with Gasteiger partial charge < -0.3 is 33.9 Å². The molecular formula is C30H36ClN3O6. The van der Waals surface area contributed by atoms with Gasteiger partial charge in [-0.3, -0.25) is 4.90 Å². The van der Waals surface area contributed by atoms with Crippen LogP contribution in [0.5, 0.6) is 23.0 Å². The SMILES string of the molecule is COc1cccc(CO[C@@H](CN2CCN(C(=O)Nc3cc(OC)c(OC)c(OC)c3)CC2)c2ccc(Cl)cc2)c1. The van der Waals surface area contributed by atoms with Crippen LogP contribution in [0.2, 0.25) is 5.02 Å². The Morgan fingerprint density at radius 3 is 2.15 bits per heavy atom. The second-order valence-corrected chi connectivity index (χ2v) is 9.77. The summed E-state index contributed by atoms with van der Waals surface area (Å²) in [5, 5.41) is 3.63. The van der Waals surface area contributed by atoms with Gasteiger partial charge in [0, 0.05) is 49.9 Å². The van der Waals surface area contributed by atoms with Crippen LogP contribution in [0.25, 0.3) is 0 Å². The van der Waals surface area contributed by atoms with E-state index in [9.17, 15) is 4.79 Å². The lowest BCUT2D eigenvalue weighted by atomic mass is 10.1. The predicted octanol–water partition coefficient (Wildman–Crippen LogP) is 5.48. The van der Waals surface area contributed by atoms with Crippen molar-refractivity contribution in [2.45, 2.75) is 12.7 Å². The average molecular weight is 570 g/mol. The third-order valence-electron chi connectivity index (χ3n) is 6.83. The lowest BCUT2D eigenvalue weighted by Gasteiger charge is -2.36. The molecule has 0 saturated carbocycles. The van der Waals surface area contributed by atoms with E-state index in [1.54, 1.807) is 45.5 Å². The Labute approximate surface area is 240 Å². The van der Waals surface area contributed by atoms with Crippen molar-refractivity contribution in [3.63, 3.8) is 0 Å². The van der Waals surface area contributed by atoms with Crippen LogP contribution >= 0.6 is 11.6 Å². The van der Waals surface area contributed by atoms with Crippen molar-refractivity contribution < 1.29 is 28.5 Å². The minimum atomic E-state index is -0.183. The Kier molecular flexibility index (Phi) is 10.3. The maximum Gasteiger partial charge on any atom is 0.321 e. The number of methoxy groups -OCH3 is 4. The van der Waals surface area contributed by atoms with Gasteiger partial charge in [-0.1, -0.05) is 35.9 Å². The van der Waals surface area contributed by atoms with Crippen molar-refractivity contribution >= 4 is 23.3 Å². The molecule has 0 unspecified atom stereocenters. The monoisotopic (exact) mass is 569 g/mol. The number of carbonyl (C=O) groups excluding carboxylic acids is 1. The van der Waals surface area contributed by atoms with E-state index in [4.69, 9.17) is 35.3 Å². The van der Waals surface area contributed by atoms with Gasteiger partial charge in [-0.25, -0.2) is 4.79 Å². The molecule has 1 aliphatic heterocycles. The maximum absolute atomic E-state index is 13.1. The summed E-state index contributed by atoms with van der Waals surface area (Å²) < 4.78 is 27.9. The number of piperazine rings is 1. The predicted molar refractivity (Wildman–Crippen MR) is 155 cm³/mol. The number of hydrogen-bond acceptors (Lipinski definition) is 7. The minimum absolute atomic E-state index is 0.164. The highest BCUT2D eigenvalue weighted by molar-refractivity contribution is 6.30. The summed E-state index contributed by atoms with van der Waals surface area (Å²) >= 11 is 6.14. The molecule has 4 rings (SSSR count). The fourth-order valence-electron chi connectivity index (χ4n) is 4.61. The molecule has 10 heteroatoms. The largest absolute Gasteiger partial charge is 0.497 e. The van der Waals surface area contributed by atoms with Crippen molar-refractivity contribution in [1.29, 1.82) is 0 Å². The Morgan fingerprint density at radius 2 is 1.55 bits per heavy atom. The van der Waals surface area contributed by atoms with Crippen LogP contribution in [0.3, 0.4) is 0 Å². The fraction of sp³-hybridized carbons (Fsp3) is 0.367. The molecule has 0 radical (unpaired) electrons. The minimum Gasteiger partial charge on any atom is -0.497 e. The number of hydrogen-bond donors (Lipinski definition) is 1. The third kappa shape index (κ3) is 7.50. The van der Waals surface area contributed by atoms with E-state index < -0.39 is 0 Å². The van der Waals surface area contributed by atoms with Crippen LogP contribution in [-0.4, -0.2) is 77.0 Å². The standard InChI is InChI=1S/C30H36ClN3O6/c1-36-25-7-5-6-21(16-25)20-40-28(22-8-10-23(31)11-9-22)19-33-12-14-34(15-13-33)30(35)32-24-17-26(37-2)29(39-4)27(18-24)38-3/h5-11,16-18,28H,12-15,19-20H2,1-4H3,(H,32,35)/t28-/m0/s1. The number of ether oxygens (including phenoxy) is 5. The summed E-state index contributed by atoms with van der Waals surface area (Å²) in [7, 11) is 6.28. The van der Waals surface area contributed by atoms with E-state index >= 15 is 0 Å². The molecule has 0 bridgehead atoms. The first kappa shape index (κ1) is 29.3. The molecule has 3 aromatic carbocycles. The number of amides is 2. The van der Waals surface area contributed by atoms with E-state index in [-0.39, 0.29) is 12.1 Å². The van der Waals surface area contributed by atoms with Crippen molar-refractivity contribution in [3.8, 4) is 23.0 Å². The molecule has 1 N–H and O–H groups in total. The zero-order valence-corrected chi connectivity index (χ0v) is 24.1. The number of carbonyl (C=O) groups is 1. The molecular weight excluding hydrogens is 534 g/mol. The van der Waals surface area contributed by atoms with Crippen LogP contribution in [0.1, 0.15) is 17.2 Å². The quantitative estimate of drug-likeness (QED) is 0.327. The van der Waals surface area contributed by atoms with Gasteiger partial charge in [0.2, 0.25) is 5.75 Å². The molecule has 3 aromatic rings. The number of nitrogens with zero attached hydrogens (tertiary/aromatic N) is 2. The van der Waals surface area contributed by atoms with Gasteiger partial charge in [-0.05, 0) is 35.4 Å². The molecule has 2 amide bonds. The van der Waals surface area contributed by atoms with E-state index in [2.05, 4.69) is 10.2 Å². The van der Waals surface area contributed by atoms with Crippen molar-refractivity contribution in [3.05, 3.63) is 76.8 Å². The van der Waals surface area contributed by atoms with Gasteiger partial charge in [0.15, 0.2) is 11.5 Å². The second kappa shape index (κ2) is 14.1. The van der Waals surface area contributed by atoms with E-state index in [0.29, 0.717) is 54.2 Å².